The SMILES string of the molecule is Cc1[nH]c2nccc(N3CCOCC3)c2c1-c1cccc(C#N)c1. The Kier molecular flexibility index (Phi) is 3.68. The molecule has 1 aromatic carbocycles. The van der Waals surface area contributed by atoms with Crippen molar-refractivity contribution in [3.05, 3.63) is 47.8 Å². The Morgan fingerprint density at radius 1 is 1.25 bits per heavy atom. The Morgan fingerprint density at radius 2 is 2.08 bits per heavy atom. The molecular weight excluding hydrogens is 300 g/mol. The standard InChI is InChI=1S/C19H18N4O/c1-13-17(15-4-2-3-14(11-15)12-20)18-16(5-6-21-19(18)22-13)23-7-9-24-10-8-23/h2-6,11H,7-10H2,1H3,(H,21,22). The molecule has 0 spiro atoms. The van der Waals surface area contributed by atoms with Gasteiger partial charge in [-0.2, -0.15) is 5.26 Å². The van der Waals surface area contributed by atoms with Gasteiger partial charge in [-0.1, -0.05) is 12.1 Å². The van der Waals surface area contributed by atoms with Gasteiger partial charge >= 0.3 is 0 Å². The third kappa shape index (κ3) is 2.41. The normalized spacial score (nSPS) is 14.8. The Hall–Kier alpha value is -2.84. The lowest BCUT2D eigenvalue weighted by Crippen LogP contribution is -2.36. The van der Waals surface area contributed by atoms with Gasteiger partial charge in [0.15, 0.2) is 0 Å². The van der Waals surface area contributed by atoms with Gasteiger partial charge in [0.2, 0.25) is 0 Å². The Balaban J connectivity index is 1.94. The summed E-state index contributed by atoms with van der Waals surface area (Å²) in [5.74, 6) is 0. The molecule has 0 amide bonds. The van der Waals surface area contributed by atoms with Crippen LogP contribution in [-0.4, -0.2) is 36.3 Å². The van der Waals surface area contributed by atoms with Crippen LogP contribution in [0.25, 0.3) is 22.2 Å². The summed E-state index contributed by atoms with van der Waals surface area (Å²) in [5, 5.41) is 10.3. The number of H-pyrrole nitrogens is 1. The Labute approximate surface area is 140 Å². The second-order valence-corrected chi connectivity index (χ2v) is 5.97. The van der Waals surface area contributed by atoms with Gasteiger partial charge in [0.05, 0.1) is 35.9 Å². The minimum absolute atomic E-state index is 0.665. The molecule has 4 rings (SSSR count). The first-order valence-electron chi connectivity index (χ1n) is 8.08. The minimum atomic E-state index is 0.665. The highest BCUT2D eigenvalue weighted by Gasteiger charge is 2.20. The van der Waals surface area contributed by atoms with Crippen molar-refractivity contribution in [2.75, 3.05) is 31.2 Å². The highest BCUT2D eigenvalue weighted by molar-refractivity contribution is 6.04. The van der Waals surface area contributed by atoms with Gasteiger partial charge in [0, 0.05) is 30.5 Å². The molecular formula is C19H18N4O. The van der Waals surface area contributed by atoms with E-state index in [1.54, 1.807) is 0 Å². The Bertz CT molecular complexity index is 932. The summed E-state index contributed by atoms with van der Waals surface area (Å²) >= 11 is 0. The van der Waals surface area contributed by atoms with Crippen LogP contribution in [0, 0.1) is 18.3 Å². The zero-order valence-electron chi connectivity index (χ0n) is 13.5. The highest BCUT2D eigenvalue weighted by Crippen LogP contribution is 2.37. The summed E-state index contributed by atoms with van der Waals surface area (Å²) in [5.41, 5.74) is 5.95. The van der Waals surface area contributed by atoms with E-state index in [-0.39, 0.29) is 0 Å². The van der Waals surface area contributed by atoms with Crippen molar-refractivity contribution in [3.63, 3.8) is 0 Å². The summed E-state index contributed by atoms with van der Waals surface area (Å²) in [7, 11) is 0. The van der Waals surface area contributed by atoms with Crippen molar-refractivity contribution in [3.8, 4) is 17.2 Å². The van der Waals surface area contributed by atoms with Crippen molar-refractivity contribution in [2.45, 2.75) is 6.92 Å². The number of fused-ring (bicyclic) bond motifs is 1. The molecule has 24 heavy (non-hydrogen) atoms. The van der Waals surface area contributed by atoms with E-state index in [9.17, 15) is 5.26 Å². The zero-order chi connectivity index (χ0) is 16.5. The smallest absolute Gasteiger partial charge is 0.140 e. The minimum Gasteiger partial charge on any atom is -0.378 e. The fourth-order valence-corrected chi connectivity index (χ4v) is 3.39. The molecule has 0 bridgehead atoms. The van der Waals surface area contributed by atoms with Gasteiger partial charge in [-0.15, -0.1) is 0 Å². The highest BCUT2D eigenvalue weighted by atomic mass is 16.5. The van der Waals surface area contributed by atoms with E-state index in [2.05, 4.69) is 33.9 Å². The topological polar surface area (TPSA) is 64.9 Å². The summed E-state index contributed by atoms with van der Waals surface area (Å²) in [6.45, 7) is 5.29. The van der Waals surface area contributed by atoms with E-state index >= 15 is 0 Å². The van der Waals surface area contributed by atoms with Gasteiger partial charge in [0.1, 0.15) is 5.65 Å². The number of morpholine rings is 1. The number of aromatic amines is 1. The number of ether oxygens (including phenoxy) is 1. The van der Waals surface area contributed by atoms with Crippen LogP contribution < -0.4 is 4.90 Å². The lowest BCUT2D eigenvalue weighted by molar-refractivity contribution is 0.123. The van der Waals surface area contributed by atoms with Gasteiger partial charge in [-0.3, -0.25) is 0 Å². The van der Waals surface area contributed by atoms with E-state index in [1.807, 2.05) is 30.5 Å². The molecule has 0 atom stereocenters. The average molecular weight is 318 g/mol. The molecule has 1 saturated heterocycles. The maximum Gasteiger partial charge on any atom is 0.140 e. The third-order valence-electron chi connectivity index (χ3n) is 4.49. The number of nitriles is 1. The number of aromatic nitrogens is 2. The summed E-state index contributed by atoms with van der Waals surface area (Å²) < 4.78 is 5.48. The van der Waals surface area contributed by atoms with Gasteiger partial charge < -0.3 is 14.6 Å². The number of benzene rings is 1. The molecule has 1 aliphatic rings. The molecule has 5 heteroatoms. The van der Waals surface area contributed by atoms with Crippen molar-refractivity contribution in [1.82, 2.24) is 9.97 Å². The van der Waals surface area contributed by atoms with Gasteiger partial charge in [0.25, 0.3) is 0 Å². The number of nitrogens with one attached hydrogen (secondary N) is 1. The molecule has 5 nitrogen and oxygen atoms in total. The van der Waals surface area contributed by atoms with Gasteiger partial charge in [-0.05, 0) is 30.7 Å². The summed E-state index contributed by atoms with van der Waals surface area (Å²) in [4.78, 5) is 10.2. The second kappa shape index (κ2) is 5.99. The zero-order valence-corrected chi connectivity index (χ0v) is 13.5. The number of nitrogens with zero attached hydrogens (tertiary/aromatic N) is 3. The molecule has 1 aliphatic heterocycles. The number of anilines is 1. The molecule has 0 unspecified atom stereocenters. The lowest BCUT2D eigenvalue weighted by atomic mass is 10.00. The first-order chi connectivity index (χ1) is 11.8. The molecule has 0 aliphatic carbocycles. The quantitative estimate of drug-likeness (QED) is 0.788. The van der Waals surface area contributed by atoms with E-state index in [4.69, 9.17) is 4.74 Å². The van der Waals surface area contributed by atoms with Crippen molar-refractivity contribution in [2.24, 2.45) is 0 Å². The molecule has 3 aromatic rings. The molecule has 1 fully saturated rings. The monoisotopic (exact) mass is 318 g/mol. The lowest BCUT2D eigenvalue weighted by Gasteiger charge is -2.29. The van der Waals surface area contributed by atoms with Gasteiger partial charge in [-0.25, -0.2) is 4.98 Å². The first-order valence-corrected chi connectivity index (χ1v) is 8.08. The summed E-state index contributed by atoms with van der Waals surface area (Å²) in [6, 6.07) is 12.0. The van der Waals surface area contributed by atoms with E-state index in [0.717, 1.165) is 54.2 Å². The van der Waals surface area contributed by atoms with Crippen LogP contribution in [0.3, 0.4) is 0 Å². The predicted octanol–water partition coefficient (Wildman–Crippen LogP) is 3.25. The first kappa shape index (κ1) is 14.7. The van der Waals surface area contributed by atoms with Crippen LogP contribution in [0.15, 0.2) is 36.5 Å². The number of aryl methyl sites for hydroxylation is 1. The molecule has 2 aromatic heterocycles. The van der Waals surface area contributed by atoms with Crippen LogP contribution in [0.2, 0.25) is 0 Å². The van der Waals surface area contributed by atoms with E-state index in [0.29, 0.717) is 5.56 Å². The second-order valence-electron chi connectivity index (χ2n) is 5.97. The third-order valence-corrected chi connectivity index (χ3v) is 4.49. The fraction of sp³-hybridized carbons (Fsp3) is 0.263. The maximum absolute atomic E-state index is 9.21. The number of hydrogen-bond donors (Lipinski definition) is 1. The maximum atomic E-state index is 9.21. The number of hydrogen-bond acceptors (Lipinski definition) is 4. The van der Waals surface area contributed by atoms with Crippen molar-refractivity contribution in [1.29, 1.82) is 5.26 Å². The van der Waals surface area contributed by atoms with Crippen molar-refractivity contribution >= 4 is 16.7 Å². The predicted molar refractivity (Wildman–Crippen MR) is 94.0 cm³/mol. The van der Waals surface area contributed by atoms with E-state index < -0.39 is 0 Å². The molecule has 0 saturated carbocycles. The summed E-state index contributed by atoms with van der Waals surface area (Å²) in [6.07, 6.45) is 1.85. The van der Waals surface area contributed by atoms with Crippen LogP contribution in [0.5, 0.6) is 0 Å². The average Bonchev–Trinajstić information content (AvgIpc) is 2.98. The van der Waals surface area contributed by atoms with Crippen LogP contribution in [-0.2, 0) is 4.74 Å². The molecule has 1 N–H and O–H groups in total. The molecule has 3 heterocycles. The number of pyridine rings is 1. The van der Waals surface area contributed by atoms with Crippen LogP contribution in [0.4, 0.5) is 5.69 Å². The Morgan fingerprint density at radius 3 is 2.88 bits per heavy atom. The van der Waals surface area contributed by atoms with Crippen LogP contribution >= 0.6 is 0 Å². The van der Waals surface area contributed by atoms with Crippen LogP contribution in [0.1, 0.15) is 11.3 Å². The van der Waals surface area contributed by atoms with E-state index in [1.165, 1.54) is 5.69 Å². The largest absolute Gasteiger partial charge is 0.378 e. The molecule has 0 radical (unpaired) electrons. The number of rotatable bonds is 2. The fourth-order valence-electron chi connectivity index (χ4n) is 3.39. The van der Waals surface area contributed by atoms with Crippen molar-refractivity contribution < 1.29 is 4.74 Å². The molecule has 120 valence electrons.